The third-order valence-corrected chi connectivity index (χ3v) is 8.05. The Hall–Kier alpha value is -1.32. The number of hydrogen-bond donors (Lipinski definition) is 2. The van der Waals surface area contributed by atoms with E-state index in [2.05, 4.69) is 6.92 Å². The van der Waals surface area contributed by atoms with E-state index in [1.807, 2.05) is 6.08 Å². The highest BCUT2D eigenvalue weighted by Crippen LogP contribution is 2.16. The third kappa shape index (κ3) is 31.1. The smallest absolute Gasteiger partial charge is 0.310 e. The van der Waals surface area contributed by atoms with Crippen molar-refractivity contribution in [1.29, 1.82) is 0 Å². The largest absolute Gasteiger partial charge is 0.481 e. The van der Waals surface area contributed by atoms with Gasteiger partial charge in [-0.1, -0.05) is 186 Å². The fourth-order valence-corrected chi connectivity index (χ4v) is 5.44. The minimum Gasteiger partial charge on any atom is -0.481 e. The highest BCUT2D eigenvalue weighted by molar-refractivity contribution is 5.79. The minimum absolute atomic E-state index is 0.342. The Morgan fingerprint density at radius 3 is 1.03 bits per heavy atom. The first kappa shape index (κ1) is 37.7. The summed E-state index contributed by atoms with van der Waals surface area (Å²) >= 11 is 0. The van der Waals surface area contributed by atoms with E-state index in [1.54, 1.807) is 0 Å². The quantitative estimate of drug-likeness (QED) is 0.0645. The second kappa shape index (κ2) is 31.2. The second-order valence-electron chi connectivity index (χ2n) is 12.0. The predicted octanol–water partition coefficient (Wildman–Crippen LogP) is 11.7. The van der Waals surface area contributed by atoms with Gasteiger partial charge in [0.05, 0.1) is 12.3 Å². The van der Waals surface area contributed by atoms with Crippen LogP contribution in [0, 0.1) is 5.92 Å². The van der Waals surface area contributed by atoms with E-state index in [0.717, 1.165) is 12.8 Å². The molecule has 0 aromatic carbocycles. The van der Waals surface area contributed by atoms with Crippen LogP contribution in [0.4, 0.5) is 0 Å². The van der Waals surface area contributed by atoms with Gasteiger partial charge in [0.15, 0.2) is 0 Å². The van der Waals surface area contributed by atoms with Crippen LogP contribution in [0.3, 0.4) is 0 Å². The molecule has 1 atom stereocenters. The molecule has 0 aromatic rings. The van der Waals surface area contributed by atoms with Crippen molar-refractivity contribution in [2.24, 2.45) is 5.92 Å². The molecule has 4 nitrogen and oxygen atoms in total. The van der Waals surface area contributed by atoms with Crippen molar-refractivity contribution in [3.05, 3.63) is 12.2 Å². The van der Waals surface area contributed by atoms with Crippen LogP contribution in [-0.2, 0) is 9.59 Å². The van der Waals surface area contributed by atoms with Gasteiger partial charge in [-0.25, -0.2) is 0 Å². The van der Waals surface area contributed by atoms with E-state index in [-0.39, 0.29) is 6.42 Å². The molecular formula is C35H66O4. The van der Waals surface area contributed by atoms with Crippen molar-refractivity contribution in [2.45, 2.75) is 193 Å². The Labute approximate surface area is 242 Å². The van der Waals surface area contributed by atoms with Crippen molar-refractivity contribution in [2.75, 3.05) is 0 Å². The van der Waals surface area contributed by atoms with Crippen molar-refractivity contribution in [3.8, 4) is 0 Å². The lowest BCUT2D eigenvalue weighted by Gasteiger charge is -2.04. The average Bonchev–Trinajstić information content (AvgIpc) is 2.91. The van der Waals surface area contributed by atoms with E-state index >= 15 is 0 Å². The summed E-state index contributed by atoms with van der Waals surface area (Å²) in [7, 11) is 0. The van der Waals surface area contributed by atoms with Gasteiger partial charge in [0, 0.05) is 0 Å². The van der Waals surface area contributed by atoms with Crippen molar-refractivity contribution < 1.29 is 19.8 Å². The number of carboxylic acid groups (broad SMARTS) is 2. The zero-order valence-electron chi connectivity index (χ0n) is 25.9. The van der Waals surface area contributed by atoms with Gasteiger partial charge in [-0.05, 0) is 12.8 Å². The molecule has 0 saturated heterocycles. The number of carbonyl (C=O) groups is 2. The lowest BCUT2D eigenvalue weighted by molar-refractivity contribution is -0.146. The Kier molecular flexibility index (Phi) is 30.2. The molecule has 0 aliphatic carbocycles. The highest BCUT2D eigenvalue weighted by Gasteiger charge is 2.17. The van der Waals surface area contributed by atoms with E-state index in [1.165, 1.54) is 173 Å². The van der Waals surface area contributed by atoms with Crippen LogP contribution < -0.4 is 0 Å². The summed E-state index contributed by atoms with van der Waals surface area (Å²) < 4.78 is 0. The van der Waals surface area contributed by atoms with E-state index in [0.29, 0.717) is 0 Å². The maximum absolute atomic E-state index is 11.0. The van der Waals surface area contributed by atoms with Crippen LogP contribution in [0.15, 0.2) is 12.2 Å². The van der Waals surface area contributed by atoms with Crippen LogP contribution in [-0.4, -0.2) is 22.2 Å². The van der Waals surface area contributed by atoms with E-state index in [9.17, 15) is 9.59 Å². The van der Waals surface area contributed by atoms with Gasteiger partial charge < -0.3 is 10.2 Å². The zero-order valence-corrected chi connectivity index (χ0v) is 25.9. The van der Waals surface area contributed by atoms with Crippen LogP contribution in [0.2, 0.25) is 0 Å². The highest BCUT2D eigenvalue weighted by atomic mass is 16.4. The van der Waals surface area contributed by atoms with Gasteiger partial charge in [-0.2, -0.15) is 0 Å². The van der Waals surface area contributed by atoms with Crippen molar-refractivity contribution in [3.63, 3.8) is 0 Å². The summed E-state index contributed by atoms with van der Waals surface area (Å²) in [6.07, 6.45) is 41.5. The molecule has 39 heavy (non-hydrogen) atoms. The molecule has 0 heterocycles. The molecule has 2 N–H and O–H groups in total. The number of unbranched alkanes of at least 4 members (excludes halogenated alkanes) is 27. The number of hydrogen-bond acceptors (Lipinski definition) is 2. The molecule has 0 fully saturated rings. The third-order valence-electron chi connectivity index (χ3n) is 8.05. The molecule has 0 amide bonds. The van der Waals surface area contributed by atoms with Crippen LogP contribution in [0.1, 0.15) is 193 Å². The molecule has 0 rings (SSSR count). The summed E-state index contributed by atoms with van der Waals surface area (Å²) in [5.74, 6) is -3.03. The summed E-state index contributed by atoms with van der Waals surface area (Å²) in [5, 5.41) is 17.8. The van der Waals surface area contributed by atoms with Crippen LogP contribution >= 0.6 is 0 Å². The number of allylic oxidation sites excluding steroid dienone is 1. The Morgan fingerprint density at radius 2 is 0.769 bits per heavy atom. The van der Waals surface area contributed by atoms with Gasteiger partial charge in [-0.3, -0.25) is 9.59 Å². The Morgan fingerprint density at radius 1 is 0.487 bits per heavy atom. The fraction of sp³-hybridized carbons (Fsp3) is 0.886. The predicted molar refractivity (Wildman–Crippen MR) is 167 cm³/mol. The maximum Gasteiger partial charge on any atom is 0.310 e. The standard InChI is InChI=1S/C35H66O4/c1-2-3-4-5-6-7-8-9-10-11-12-13-14-15-16-17-18-19-20-21-22-23-24-25-26-27-28-29-30-31-33(35(38)39)32-34(36)37/h30-31,33H,2-29,32H2,1H3,(H,36,37)(H,38,39). The summed E-state index contributed by atoms with van der Waals surface area (Å²) in [6.45, 7) is 2.29. The van der Waals surface area contributed by atoms with Gasteiger partial charge in [-0.15, -0.1) is 0 Å². The monoisotopic (exact) mass is 550 g/mol. The lowest BCUT2D eigenvalue weighted by Crippen LogP contribution is -2.15. The van der Waals surface area contributed by atoms with E-state index in [4.69, 9.17) is 10.2 Å². The normalized spacial score (nSPS) is 12.3. The van der Waals surface area contributed by atoms with Gasteiger partial charge >= 0.3 is 11.9 Å². The molecule has 0 bridgehead atoms. The van der Waals surface area contributed by atoms with Gasteiger partial charge in [0.25, 0.3) is 0 Å². The molecular weight excluding hydrogens is 484 g/mol. The molecule has 0 aliphatic heterocycles. The Bertz CT molecular complexity index is 557. The summed E-state index contributed by atoms with van der Waals surface area (Å²) in [6, 6.07) is 0. The number of carboxylic acids is 2. The van der Waals surface area contributed by atoms with E-state index < -0.39 is 17.9 Å². The molecule has 230 valence electrons. The summed E-state index contributed by atoms with van der Waals surface area (Å²) in [4.78, 5) is 21.7. The average molecular weight is 551 g/mol. The van der Waals surface area contributed by atoms with Crippen LogP contribution in [0.25, 0.3) is 0 Å². The maximum atomic E-state index is 11.0. The second-order valence-corrected chi connectivity index (χ2v) is 12.0. The molecule has 0 aromatic heterocycles. The molecule has 0 aliphatic rings. The number of aliphatic carboxylic acids is 2. The van der Waals surface area contributed by atoms with Crippen molar-refractivity contribution >= 4 is 11.9 Å². The minimum atomic E-state index is -1.07. The Balaban J connectivity index is 3.20. The molecule has 0 saturated carbocycles. The van der Waals surface area contributed by atoms with Gasteiger partial charge in [0.1, 0.15) is 0 Å². The summed E-state index contributed by atoms with van der Waals surface area (Å²) in [5.41, 5.74) is 0. The zero-order chi connectivity index (χ0) is 28.7. The van der Waals surface area contributed by atoms with Crippen LogP contribution in [0.5, 0.6) is 0 Å². The topological polar surface area (TPSA) is 74.6 Å². The van der Waals surface area contributed by atoms with Crippen molar-refractivity contribution in [1.82, 2.24) is 0 Å². The molecule has 0 spiro atoms. The molecule has 1 unspecified atom stereocenters. The van der Waals surface area contributed by atoms with Gasteiger partial charge in [0.2, 0.25) is 0 Å². The first-order valence-corrected chi connectivity index (χ1v) is 17.2. The first-order chi connectivity index (χ1) is 19.1. The SMILES string of the molecule is CCCCCCCCCCCCCCCCCCCCCCCCCCCCCC=CC(CC(=O)O)C(=O)O. The lowest BCUT2D eigenvalue weighted by atomic mass is 10.0. The fourth-order valence-electron chi connectivity index (χ4n) is 5.44. The molecule has 4 heteroatoms. The first-order valence-electron chi connectivity index (χ1n) is 17.2. The molecule has 0 radical (unpaired) electrons. The number of rotatable bonds is 32.